The number of ether oxygens (including phenoxy) is 1. The van der Waals surface area contributed by atoms with Gasteiger partial charge in [-0.25, -0.2) is 4.39 Å². The number of benzene rings is 1. The van der Waals surface area contributed by atoms with Gasteiger partial charge in [0.2, 0.25) is 0 Å². The van der Waals surface area contributed by atoms with E-state index in [1.54, 1.807) is 6.07 Å². The Kier molecular flexibility index (Phi) is 6.68. The lowest BCUT2D eigenvalue weighted by atomic mass is 9.96. The monoisotopic (exact) mass is 395 g/mol. The third-order valence-corrected chi connectivity index (χ3v) is 6.07. The lowest BCUT2D eigenvalue weighted by Crippen LogP contribution is -2.34. The average Bonchev–Trinajstić information content (AvgIpc) is 3.00. The molecule has 0 saturated carbocycles. The van der Waals surface area contributed by atoms with Gasteiger partial charge in [-0.3, -0.25) is 9.69 Å². The van der Waals surface area contributed by atoms with Gasteiger partial charge in [0.1, 0.15) is 5.82 Å². The molecular weight excluding hydrogens is 373 g/mol. The normalized spacial score (nSPS) is 15.5. The minimum Gasteiger partial charge on any atom is -0.416 e. The number of carbonyl (C=O) groups excluding carboxylic acids is 1. The lowest BCUT2D eigenvalue weighted by Gasteiger charge is -2.35. The van der Waals surface area contributed by atoms with E-state index in [2.05, 4.69) is 4.90 Å². The first-order chi connectivity index (χ1) is 12.6. The highest BCUT2D eigenvalue weighted by Gasteiger charge is 2.28. The highest BCUT2D eigenvalue weighted by Crippen LogP contribution is 2.38. The predicted molar refractivity (Wildman–Crippen MR) is 103 cm³/mol. The van der Waals surface area contributed by atoms with Crippen molar-refractivity contribution >= 4 is 28.9 Å². The van der Waals surface area contributed by atoms with Crippen molar-refractivity contribution in [3.63, 3.8) is 0 Å². The van der Waals surface area contributed by atoms with Crippen LogP contribution in [0.25, 0.3) is 0 Å². The Hall–Kier alpha value is -1.43. The zero-order valence-corrected chi connectivity index (χ0v) is 16.4. The first-order valence-corrected chi connectivity index (χ1v) is 10.3. The molecule has 0 N–H and O–H groups in total. The molecule has 140 valence electrons. The molecule has 0 aliphatic carbocycles. The number of fused-ring (bicyclic) bond motifs is 1. The number of alkyl halides is 1. The summed E-state index contributed by atoms with van der Waals surface area (Å²) in [6, 6.07) is 9.02. The molecule has 26 heavy (non-hydrogen) atoms. The molecule has 3 nitrogen and oxygen atoms in total. The summed E-state index contributed by atoms with van der Waals surface area (Å²) < 4.78 is 19.7. The summed E-state index contributed by atoms with van der Waals surface area (Å²) >= 11 is 7.37. The summed E-state index contributed by atoms with van der Waals surface area (Å²) in [7, 11) is 0. The molecule has 0 saturated heterocycles. The number of carbonyl (C=O) groups is 1. The quantitative estimate of drug-likeness (QED) is 0.361. The molecule has 0 radical (unpaired) electrons. The van der Waals surface area contributed by atoms with Crippen LogP contribution in [0.15, 0.2) is 30.3 Å². The second-order valence-electron chi connectivity index (χ2n) is 6.55. The fourth-order valence-corrected chi connectivity index (χ4v) is 4.74. The van der Waals surface area contributed by atoms with Gasteiger partial charge in [0, 0.05) is 42.4 Å². The molecule has 2 heterocycles. The minimum absolute atomic E-state index is 0.0321. The highest BCUT2D eigenvalue weighted by molar-refractivity contribution is 7.14. The summed E-state index contributed by atoms with van der Waals surface area (Å²) in [5.74, 6) is 0.176. The Labute approximate surface area is 162 Å². The van der Waals surface area contributed by atoms with Crippen molar-refractivity contribution in [1.29, 1.82) is 0 Å². The number of thiophene rings is 1. The van der Waals surface area contributed by atoms with Gasteiger partial charge in [0.05, 0.1) is 0 Å². The van der Waals surface area contributed by atoms with E-state index in [0.717, 1.165) is 44.3 Å². The van der Waals surface area contributed by atoms with Crippen molar-refractivity contribution < 1.29 is 13.9 Å². The van der Waals surface area contributed by atoms with E-state index in [1.807, 2.05) is 18.2 Å². The molecule has 1 unspecified atom stereocenters. The third kappa shape index (κ3) is 4.64. The van der Waals surface area contributed by atoms with E-state index >= 15 is 0 Å². The van der Waals surface area contributed by atoms with Crippen LogP contribution in [0, 0.1) is 5.82 Å². The molecule has 1 aromatic carbocycles. The summed E-state index contributed by atoms with van der Waals surface area (Å²) in [5.41, 5.74) is 1.93. The van der Waals surface area contributed by atoms with Crippen LogP contribution in [0.1, 0.15) is 48.2 Å². The molecule has 0 amide bonds. The van der Waals surface area contributed by atoms with Crippen LogP contribution in [-0.4, -0.2) is 23.3 Å². The molecule has 1 aliphatic heterocycles. The van der Waals surface area contributed by atoms with Crippen molar-refractivity contribution in [2.45, 2.75) is 45.2 Å². The Morgan fingerprint density at radius 1 is 1.38 bits per heavy atom. The fourth-order valence-electron chi connectivity index (χ4n) is 3.50. The van der Waals surface area contributed by atoms with Crippen LogP contribution >= 0.6 is 22.9 Å². The number of halogens is 2. The number of unbranched alkanes of at least 4 members (excludes halogenated alkanes) is 1. The Bertz CT molecular complexity index is 764. The molecule has 1 atom stereocenters. The van der Waals surface area contributed by atoms with Gasteiger partial charge < -0.3 is 4.74 Å². The van der Waals surface area contributed by atoms with Gasteiger partial charge in [-0.1, -0.05) is 24.6 Å². The molecular formula is C20H23ClFNO2S. The molecule has 1 aromatic heterocycles. The average molecular weight is 396 g/mol. The van der Waals surface area contributed by atoms with E-state index in [4.69, 9.17) is 16.3 Å². The molecule has 1 aliphatic rings. The van der Waals surface area contributed by atoms with Crippen molar-refractivity contribution in [3.8, 4) is 5.06 Å². The van der Waals surface area contributed by atoms with Crippen molar-refractivity contribution in [2.75, 3.05) is 12.4 Å². The van der Waals surface area contributed by atoms with Gasteiger partial charge in [0.15, 0.2) is 5.06 Å². The maximum Gasteiger partial charge on any atom is 0.308 e. The molecule has 0 fully saturated rings. The molecule has 0 spiro atoms. The smallest absolute Gasteiger partial charge is 0.308 e. The Morgan fingerprint density at radius 2 is 2.19 bits per heavy atom. The second kappa shape index (κ2) is 8.98. The summed E-state index contributed by atoms with van der Waals surface area (Å²) in [6.07, 6.45) is 3.67. The first kappa shape index (κ1) is 19.3. The predicted octanol–water partition coefficient (Wildman–Crippen LogP) is 5.32. The minimum atomic E-state index is -0.300. The summed E-state index contributed by atoms with van der Waals surface area (Å²) in [4.78, 5) is 14.8. The van der Waals surface area contributed by atoms with Crippen LogP contribution in [-0.2, 0) is 17.8 Å². The van der Waals surface area contributed by atoms with Crippen LogP contribution in [0.3, 0.4) is 0 Å². The maximum atomic E-state index is 14.4. The van der Waals surface area contributed by atoms with Crippen LogP contribution < -0.4 is 4.74 Å². The van der Waals surface area contributed by atoms with E-state index in [-0.39, 0.29) is 17.8 Å². The zero-order valence-electron chi connectivity index (χ0n) is 14.8. The maximum absolute atomic E-state index is 14.4. The van der Waals surface area contributed by atoms with Crippen molar-refractivity contribution in [2.24, 2.45) is 0 Å². The second-order valence-corrected chi connectivity index (χ2v) is 8.03. The van der Waals surface area contributed by atoms with E-state index in [9.17, 15) is 9.18 Å². The van der Waals surface area contributed by atoms with Crippen molar-refractivity contribution in [3.05, 3.63) is 52.2 Å². The standard InChI is InChI=1S/C20H23ClFNO2S/c1-14(24)25-20-12-15-13-23(11-9-19(15)26-20)18(8-4-5-10-21)16-6-2-3-7-17(16)22/h2-3,6-7,12,18H,4-5,8-11,13H2,1H3. The molecule has 2 aromatic rings. The summed E-state index contributed by atoms with van der Waals surface area (Å²) in [5, 5.41) is 0.647. The van der Waals surface area contributed by atoms with Gasteiger partial charge in [-0.15, -0.1) is 22.9 Å². The molecule has 3 rings (SSSR count). The van der Waals surface area contributed by atoms with Crippen LogP contribution in [0.2, 0.25) is 0 Å². The fraction of sp³-hybridized carbons (Fsp3) is 0.450. The van der Waals surface area contributed by atoms with Crippen LogP contribution in [0.5, 0.6) is 5.06 Å². The number of hydrogen-bond donors (Lipinski definition) is 0. The Morgan fingerprint density at radius 3 is 2.92 bits per heavy atom. The lowest BCUT2D eigenvalue weighted by molar-refractivity contribution is -0.131. The zero-order chi connectivity index (χ0) is 18.5. The Balaban J connectivity index is 1.80. The number of rotatable bonds is 7. The van der Waals surface area contributed by atoms with Crippen molar-refractivity contribution in [1.82, 2.24) is 4.90 Å². The highest BCUT2D eigenvalue weighted by atomic mass is 35.5. The van der Waals surface area contributed by atoms with E-state index in [1.165, 1.54) is 34.8 Å². The third-order valence-electron chi connectivity index (χ3n) is 4.68. The number of nitrogens with zero attached hydrogens (tertiary/aromatic N) is 1. The molecule has 0 bridgehead atoms. The number of hydrogen-bond acceptors (Lipinski definition) is 4. The largest absolute Gasteiger partial charge is 0.416 e. The SMILES string of the molecule is CC(=O)Oc1cc2c(s1)CCN(C(CCCCCl)c1ccccc1F)C2. The van der Waals surface area contributed by atoms with E-state index in [0.29, 0.717) is 10.9 Å². The van der Waals surface area contributed by atoms with Crippen LogP contribution in [0.4, 0.5) is 4.39 Å². The van der Waals surface area contributed by atoms with E-state index < -0.39 is 0 Å². The molecule has 6 heteroatoms. The number of esters is 1. The topological polar surface area (TPSA) is 29.5 Å². The van der Waals surface area contributed by atoms with Gasteiger partial charge in [0.25, 0.3) is 0 Å². The van der Waals surface area contributed by atoms with Gasteiger partial charge >= 0.3 is 5.97 Å². The first-order valence-electron chi connectivity index (χ1n) is 8.93. The van der Waals surface area contributed by atoms with Gasteiger partial charge in [-0.2, -0.15) is 0 Å². The summed E-state index contributed by atoms with van der Waals surface area (Å²) in [6.45, 7) is 3.02. The van der Waals surface area contributed by atoms with Gasteiger partial charge in [-0.05, 0) is 37.0 Å².